The van der Waals surface area contributed by atoms with Gasteiger partial charge < -0.3 is 15.1 Å². The van der Waals surface area contributed by atoms with Crippen molar-refractivity contribution in [1.29, 1.82) is 0 Å². The summed E-state index contributed by atoms with van der Waals surface area (Å²) in [4.78, 5) is 41.5. The zero-order valence-corrected chi connectivity index (χ0v) is 17.0. The molecular formula is C21H25N3O3S. The van der Waals surface area contributed by atoms with Crippen molar-refractivity contribution in [3.05, 3.63) is 57.8 Å². The summed E-state index contributed by atoms with van der Waals surface area (Å²) in [6.45, 7) is 5.70. The lowest BCUT2D eigenvalue weighted by molar-refractivity contribution is -0.134. The number of nitrogens with one attached hydrogen (secondary N) is 1. The second-order valence-corrected chi connectivity index (χ2v) is 7.79. The molecule has 2 heterocycles. The SMILES string of the molecule is CCc1ccc(C(=O)N2CCN(C(=O)[C@H](C)NC(=O)c3cccs3)CC2)cc1. The average molecular weight is 400 g/mol. The molecule has 0 spiro atoms. The topological polar surface area (TPSA) is 69.7 Å². The first-order valence-electron chi connectivity index (χ1n) is 9.51. The minimum absolute atomic E-state index is 0.00574. The molecule has 1 fully saturated rings. The summed E-state index contributed by atoms with van der Waals surface area (Å²) in [5.74, 6) is -0.363. The van der Waals surface area contributed by atoms with Crippen molar-refractivity contribution in [2.75, 3.05) is 26.2 Å². The molecule has 1 aliphatic rings. The quantitative estimate of drug-likeness (QED) is 0.839. The van der Waals surface area contributed by atoms with E-state index in [1.54, 1.807) is 28.9 Å². The van der Waals surface area contributed by atoms with Gasteiger partial charge in [0.1, 0.15) is 6.04 Å². The van der Waals surface area contributed by atoms with Crippen LogP contribution in [0.15, 0.2) is 41.8 Å². The minimum Gasteiger partial charge on any atom is -0.340 e. The van der Waals surface area contributed by atoms with Crippen molar-refractivity contribution in [3.63, 3.8) is 0 Å². The van der Waals surface area contributed by atoms with Gasteiger partial charge in [-0.2, -0.15) is 0 Å². The molecule has 2 aromatic rings. The van der Waals surface area contributed by atoms with Gasteiger partial charge in [0.2, 0.25) is 5.91 Å². The zero-order chi connectivity index (χ0) is 20.1. The number of nitrogens with zero attached hydrogens (tertiary/aromatic N) is 2. The van der Waals surface area contributed by atoms with E-state index < -0.39 is 6.04 Å². The molecule has 0 bridgehead atoms. The molecule has 0 saturated carbocycles. The van der Waals surface area contributed by atoms with E-state index >= 15 is 0 Å². The van der Waals surface area contributed by atoms with E-state index in [9.17, 15) is 14.4 Å². The predicted molar refractivity (Wildman–Crippen MR) is 110 cm³/mol. The number of hydrogen-bond acceptors (Lipinski definition) is 4. The fourth-order valence-electron chi connectivity index (χ4n) is 3.21. The van der Waals surface area contributed by atoms with Gasteiger partial charge >= 0.3 is 0 Å². The van der Waals surface area contributed by atoms with Crippen LogP contribution in [0.1, 0.15) is 39.4 Å². The number of thiophene rings is 1. The summed E-state index contributed by atoms with van der Waals surface area (Å²) in [5, 5.41) is 4.58. The van der Waals surface area contributed by atoms with Crippen LogP contribution in [-0.4, -0.2) is 59.7 Å². The molecular weight excluding hydrogens is 374 g/mol. The van der Waals surface area contributed by atoms with Gasteiger partial charge in [-0.05, 0) is 42.5 Å². The monoisotopic (exact) mass is 399 g/mol. The Balaban J connectivity index is 1.51. The first kappa shape index (κ1) is 20.1. The van der Waals surface area contributed by atoms with E-state index in [-0.39, 0.29) is 17.7 Å². The third-order valence-electron chi connectivity index (χ3n) is 4.95. The third-order valence-corrected chi connectivity index (χ3v) is 5.82. The Bertz CT molecular complexity index is 825. The molecule has 3 rings (SSSR count). The van der Waals surface area contributed by atoms with E-state index in [0.717, 1.165) is 6.42 Å². The Hall–Kier alpha value is -2.67. The molecule has 1 aromatic heterocycles. The zero-order valence-electron chi connectivity index (χ0n) is 16.2. The highest BCUT2D eigenvalue weighted by molar-refractivity contribution is 7.12. The van der Waals surface area contributed by atoms with E-state index in [1.165, 1.54) is 16.9 Å². The van der Waals surface area contributed by atoms with Gasteiger partial charge in [-0.1, -0.05) is 25.1 Å². The summed E-state index contributed by atoms with van der Waals surface area (Å²) < 4.78 is 0. The molecule has 0 radical (unpaired) electrons. The number of amides is 3. The lowest BCUT2D eigenvalue weighted by atomic mass is 10.1. The molecule has 3 amide bonds. The van der Waals surface area contributed by atoms with Crippen molar-refractivity contribution in [1.82, 2.24) is 15.1 Å². The smallest absolute Gasteiger partial charge is 0.261 e. The van der Waals surface area contributed by atoms with Gasteiger partial charge in [0.25, 0.3) is 11.8 Å². The maximum atomic E-state index is 12.7. The summed E-state index contributed by atoms with van der Waals surface area (Å²) in [6.07, 6.45) is 0.941. The second kappa shape index (κ2) is 9.01. The van der Waals surface area contributed by atoms with Crippen molar-refractivity contribution in [3.8, 4) is 0 Å². The highest BCUT2D eigenvalue weighted by Gasteiger charge is 2.28. The lowest BCUT2D eigenvalue weighted by Crippen LogP contribution is -2.55. The Morgan fingerprint density at radius 1 is 1.04 bits per heavy atom. The van der Waals surface area contributed by atoms with Gasteiger partial charge in [-0.15, -0.1) is 11.3 Å². The Labute approximate surface area is 169 Å². The minimum atomic E-state index is -0.599. The standard InChI is InChI=1S/C21H25N3O3S/c1-3-16-6-8-17(9-7-16)21(27)24-12-10-23(11-13-24)20(26)15(2)22-19(25)18-5-4-14-28-18/h4-9,14-15H,3,10-13H2,1-2H3,(H,22,25)/t15-/m0/s1. The molecule has 148 valence electrons. The highest BCUT2D eigenvalue weighted by atomic mass is 32.1. The Kier molecular flexibility index (Phi) is 6.46. The van der Waals surface area contributed by atoms with Crippen LogP contribution in [0.5, 0.6) is 0 Å². The van der Waals surface area contributed by atoms with Crippen molar-refractivity contribution in [2.24, 2.45) is 0 Å². The fraction of sp³-hybridized carbons (Fsp3) is 0.381. The predicted octanol–water partition coefficient (Wildman–Crippen LogP) is 2.41. The highest BCUT2D eigenvalue weighted by Crippen LogP contribution is 2.12. The summed E-state index contributed by atoms with van der Waals surface area (Å²) >= 11 is 1.34. The van der Waals surface area contributed by atoms with Crippen molar-refractivity contribution < 1.29 is 14.4 Å². The molecule has 1 aliphatic heterocycles. The second-order valence-electron chi connectivity index (χ2n) is 6.84. The molecule has 28 heavy (non-hydrogen) atoms. The molecule has 7 heteroatoms. The number of carbonyl (C=O) groups is 3. The number of carbonyl (C=O) groups excluding carboxylic acids is 3. The van der Waals surface area contributed by atoms with Gasteiger partial charge in [-0.3, -0.25) is 14.4 Å². The summed E-state index contributed by atoms with van der Waals surface area (Å²) in [6, 6.07) is 10.6. The van der Waals surface area contributed by atoms with E-state index in [0.29, 0.717) is 36.6 Å². The van der Waals surface area contributed by atoms with E-state index in [1.807, 2.05) is 29.6 Å². The molecule has 1 aromatic carbocycles. The maximum absolute atomic E-state index is 12.7. The number of piperazine rings is 1. The summed E-state index contributed by atoms with van der Waals surface area (Å²) in [5.41, 5.74) is 1.87. The van der Waals surface area contributed by atoms with Crippen LogP contribution in [-0.2, 0) is 11.2 Å². The van der Waals surface area contributed by atoms with Crippen LogP contribution in [0.2, 0.25) is 0 Å². The normalized spacial score (nSPS) is 15.2. The Morgan fingerprint density at radius 3 is 2.25 bits per heavy atom. The average Bonchev–Trinajstić information content (AvgIpc) is 3.28. The molecule has 6 nitrogen and oxygen atoms in total. The van der Waals surface area contributed by atoms with Crippen LogP contribution >= 0.6 is 11.3 Å². The first-order valence-corrected chi connectivity index (χ1v) is 10.4. The van der Waals surface area contributed by atoms with E-state index in [2.05, 4.69) is 12.2 Å². The number of rotatable bonds is 5. The number of hydrogen-bond donors (Lipinski definition) is 1. The van der Waals surface area contributed by atoms with Gasteiger partial charge in [0, 0.05) is 31.7 Å². The molecule has 1 N–H and O–H groups in total. The maximum Gasteiger partial charge on any atom is 0.261 e. The van der Waals surface area contributed by atoms with Crippen LogP contribution in [0.3, 0.4) is 0 Å². The molecule has 0 unspecified atom stereocenters. The Morgan fingerprint density at radius 2 is 1.68 bits per heavy atom. The van der Waals surface area contributed by atoms with Crippen LogP contribution < -0.4 is 5.32 Å². The van der Waals surface area contributed by atoms with Crippen LogP contribution in [0, 0.1) is 0 Å². The number of aryl methyl sites for hydroxylation is 1. The largest absolute Gasteiger partial charge is 0.340 e. The molecule has 0 aliphatic carbocycles. The van der Waals surface area contributed by atoms with Crippen molar-refractivity contribution >= 4 is 29.1 Å². The van der Waals surface area contributed by atoms with Gasteiger partial charge in [-0.25, -0.2) is 0 Å². The lowest BCUT2D eigenvalue weighted by Gasteiger charge is -2.36. The van der Waals surface area contributed by atoms with Gasteiger partial charge in [0.15, 0.2) is 0 Å². The fourth-order valence-corrected chi connectivity index (χ4v) is 3.83. The number of benzene rings is 1. The molecule has 1 atom stereocenters. The third kappa shape index (κ3) is 4.59. The van der Waals surface area contributed by atoms with Crippen LogP contribution in [0.25, 0.3) is 0 Å². The van der Waals surface area contributed by atoms with Gasteiger partial charge in [0.05, 0.1) is 4.88 Å². The van der Waals surface area contributed by atoms with E-state index in [4.69, 9.17) is 0 Å². The first-order chi connectivity index (χ1) is 13.5. The van der Waals surface area contributed by atoms with Crippen molar-refractivity contribution in [2.45, 2.75) is 26.3 Å². The summed E-state index contributed by atoms with van der Waals surface area (Å²) in [7, 11) is 0. The molecule has 1 saturated heterocycles. The van der Waals surface area contributed by atoms with Crippen LogP contribution in [0.4, 0.5) is 0 Å².